The molecule has 0 aromatic carbocycles. The first-order chi connectivity index (χ1) is 6.20. The Kier molecular flexibility index (Phi) is 5.15. The highest BCUT2D eigenvalue weighted by Gasteiger charge is 2.26. The number of carboxylic acids is 1. The van der Waals surface area contributed by atoms with Crippen molar-refractivity contribution in [3.05, 3.63) is 0 Å². The van der Waals surface area contributed by atoms with E-state index in [9.17, 15) is 14.3 Å². The largest absolute Gasteiger partial charge is 0.566 e. The SMILES string of the molecule is C[N+](C)(C)CC(CC(=O)O)O[P+](=O)[O-]. The lowest BCUT2D eigenvalue weighted by Crippen LogP contribution is -2.42. The Morgan fingerprint density at radius 3 is 2.36 bits per heavy atom. The van der Waals surface area contributed by atoms with E-state index in [-0.39, 0.29) is 6.42 Å². The molecule has 6 nitrogen and oxygen atoms in total. The highest BCUT2D eigenvalue weighted by atomic mass is 31.1. The van der Waals surface area contributed by atoms with Crippen molar-refractivity contribution in [2.45, 2.75) is 12.5 Å². The normalized spacial score (nSPS) is 15.0. The van der Waals surface area contributed by atoms with Gasteiger partial charge in [-0.2, -0.15) is 0 Å². The molecular formula is C7H15NO5P+. The van der Waals surface area contributed by atoms with Crippen LogP contribution < -0.4 is 4.89 Å². The smallest absolute Gasteiger partial charge is 0.488 e. The van der Waals surface area contributed by atoms with Crippen molar-refractivity contribution in [1.29, 1.82) is 0 Å². The number of aliphatic carboxylic acids is 1. The molecule has 0 aromatic heterocycles. The van der Waals surface area contributed by atoms with Crippen LogP contribution >= 0.6 is 8.25 Å². The summed E-state index contributed by atoms with van der Waals surface area (Å²) in [7, 11) is 2.49. The molecule has 0 radical (unpaired) electrons. The molecule has 0 aromatic rings. The molecule has 0 spiro atoms. The first-order valence-electron chi connectivity index (χ1n) is 4.04. The second-order valence-electron chi connectivity index (χ2n) is 4.02. The van der Waals surface area contributed by atoms with Crippen LogP contribution in [0, 0.1) is 0 Å². The van der Waals surface area contributed by atoms with Crippen molar-refractivity contribution in [3.63, 3.8) is 0 Å². The summed E-state index contributed by atoms with van der Waals surface area (Å²) < 4.78 is 15.2. The van der Waals surface area contributed by atoms with E-state index in [1.807, 2.05) is 21.1 Å². The van der Waals surface area contributed by atoms with Crippen LogP contribution in [0.4, 0.5) is 0 Å². The van der Waals surface area contributed by atoms with Crippen molar-refractivity contribution in [1.82, 2.24) is 0 Å². The van der Waals surface area contributed by atoms with Crippen molar-refractivity contribution in [2.24, 2.45) is 0 Å². The van der Waals surface area contributed by atoms with Crippen LogP contribution in [0.2, 0.25) is 0 Å². The first kappa shape index (κ1) is 13.4. The first-order valence-corrected chi connectivity index (χ1v) is 5.13. The van der Waals surface area contributed by atoms with Crippen molar-refractivity contribution in [2.75, 3.05) is 27.7 Å². The van der Waals surface area contributed by atoms with Crippen molar-refractivity contribution < 1.29 is 28.4 Å². The third kappa shape index (κ3) is 8.07. The average molecular weight is 224 g/mol. The monoisotopic (exact) mass is 224 g/mol. The number of carbonyl (C=O) groups is 1. The molecule has 2 unspecified atom stereocenters. The lowest BCUT2D eigenvalue weighted by molar-refractivity contribution is -0.873. The van der Waals surface area contributed by atoms with E-state index in [4.69, 9.17) is 5.11 Å². The van der Waals surface area contributed by atoms with Crippen LogP contribution in [-0.2, 0) is 13.9 Å². The molecule has 0 saturated carbocycles. The molecule has 14 heavy (non-hydrogen) atoms. The average Bonchev–Trinajstić information content (AvgIpc) is 1.77. The zero-order chi connectivity index (χ0) is 11.4. The van der Waals surface area contributed by atoms with Gasteiger partial charge in [-0.1, -0.05) is 0 Å². The molecule has 0 rings (SSSR count). The van der Waals surface area contributed by atoms with Crippen LogP contribution in [-0.4, -0.2) is 49.4 Å². The molecule has 0 saturated heterocycles. The predicted molar refractivity (Wildman–Crippen MR) is 47.6 cm³/mol. The number of likely N-dealkylation sites (N-methyl/N-ethyl adjacent to an activating group) is 1. The molecular weight excluding hydrogens is 209 g/mol. The fraction of sp³-hybridized carbons (Fsp3) is 0.857. The quantitative estimate of drug-likeness (QED) is 0.488. The lowest BCUT2D eigenvalue weighted by Gasteiger charge is -2.26. The van der Waals surface area contributed by atoms with Gasteiger partial charge in [0.1, 0.15) is 6.54 Å². The highest BCUT2D eigenvalue weighted by molar-refractivity contribution is 7.30. The standard InChI is InChI=1S/C7H14NO5P/c1-8(2,3)5-6(4-7(9)10)13-14(11)12/h6H,4-5H2,1-3H3/p+1. The van der Waals surface area contributed by atoms with E-state index >= 15 is 0 Å². The van der Waals surface area contributed by atoms with Gasteiger partial charge in [0.05, 0.1) is 27.6 Å². The minimum Gasteiger partial charge on any atom is -0.566 e. The Balaban J connectivity index is 4.24. The Hall–Kier alpha value is -0.550. The maximum atomic E-state index is 10.4. The fourth-order valence-corrected chi connectivity index (χ4v) is 1.45. The number of quaternary nitrogens is 1. The zero-order valence-corrected chi connectivity index (χ0v) is 9.36. The maximum Gasteiger partial charge on any atom is 0.488 e. The predicted octanol–water partition coefficient (Wildman–Crippen LogP) is -0.430. The number of carboxylic acid groups (broad SMARTS) is 1. The number of hydrogen-bond acceptors (Lipinski definition) is 4. The van der Waals surface area contributed by atoms with Gasteiger partial charge in [-0.25, -0.2) is 0 Å². The summed E-state index contributed by atoms with van der Waals surface area (Å²) in [4.78, 5) is 20.7. The fourth-order valence-electron chi connectivity index (χ4n) is 1.06. The number of rotatable bonds is 6. The molecule has 0 aliphatic carbocycles. The minimum absolute atomic E-state index is 0.307. The Morgan fingerprint density at radius 2 is 2.07 bits per heavy atom. The van der Waals surface area contributed by atoms with Crippen molar-refractivity contribution >= 4 is 14.2 Å². The van der Waals surface area contributed by atoms with Crippen molar-refractivity contribution in [3.8, 4) is 0 Å². The summed E-state index contributed by atoms with van der Waals surface area (Å²) >= 11 is 0. The van der Waals surface area contributed by atoms with E-state index in [1.165, 1.54) is 0 Å². The summed E-state index contributed by atoms with van der Waals surface area (Å²) in [6.45, 7) is 0.329. The molecule has 7 heteroatoms. The molecule has 82 valence electrons. The van der Waals surface area contributed by atoms with E-state index in [1.54, 1.807) is 0 Å². The second kappa shape index (κ2) is 5.36. The van der Waals surface area contributed by atoms with Gasteiger partial charge in [-0.15, -0.1) is 4.52 Å². The van der Waals surface area contributed by atoms with Gasteiger partial charge in [0.15, 0.2) is 6.10 Å². The summed E-state index contributed by atoms with van der Waals surface area (Å²) in [5, 5.41) is 8.51. The third-order valence-corrected chi connectivity index (χ3v) is 1.86. The summed E-state index contributed by atoms with van der Waals surface area (Å²) in [6.07, 6.45) is -1.10. The second-order valence-corrected chi connectivity index (χ2v) is 4.68. The molecule has 0 fully saturated rings. The Labute approximate surface area is 83.6 Å². The summed E-state index contributed by atoms with van der Waals surface area (Å²) in [5.74, 6) is -1.07. The van der Waals surface area contributed by atoms with Gasteiger partial charge in [-0.3, -0.25) is 4.79 Å². The zero-order valence-electron chi connectivity index (χ0n) is 8.47. The van der Waals surface area contributed by atoms with Gasteiger partial charge in [-0.05, 0) is 4.57 Å². The third-order valence-electron chi connectivity index (χ3n) is 1.39. The van der Waals surface area contributed by atoms with Crippen LogP contribution in [0.25, 0.3) is 0 Å². The van der Waals surface area contributed by atoms with Gasteiger partial charge in [0, 0.05) is 0 Å². The molecule has 2 atom stereocenters. The van der Waals surface area contributed by atoms with Crippen LogP contribution in [0.1, 0.15) is 6.42 Å². The van der Waals surface area contributed by atoms with Crippen LogP contribution in [0.3, 0.4) is 0 Å². The molecule has 1 N–H and O–H groups in total. The van der Waals surface area contributed by atoms with E-state index < -0.39 is 20.3 Å². The van der Waals surface area contributed by atoms with E-state index in [0.717, 1.165) is 0 Å². The highest BCUT2D eigenvalue weighted by Crippen LogP contribution is 2.17. The number of hydrogen-bond donors (Lipinski definition) is 1. The van der Waals surface area contributed by atoms with Gasteiger partial charge in [0.25, 0.3) is 0 Å². The van der Waals surface area contributed by atoms with E-state index in [2.05, 4.69) is 4.52 Å². The Morgan fingerprint density at radius 1 is 1.57 bits per heavy atom. The van der Waals surface area contributed by atoms with Crippen LogP contribution in [0.15, 0.2) is 0 Å². The maximum absolute atomic E-state index is 10.4. The van der Waals surface area contributed by atoms with Gasteiger partial charge < -0.3 is 14.5 Å². The van der Waals surface area contributed by atoms with Gasteiger partial charge >= 0.3 is 14.2 Å². The summed E-state index contributed by atoms with van der Waals surface area (Å²) in [5.41, 5.74) is 0. The molecule has 0 aliphatic heterocycles. The van der Waals surface area contributed by atoms with Crippen LogP contribution in [0.5, 0.6) is 0 Å². The van der Waals surface area contributed by atoms with E-state index in [0.29, 0.717) is 11.0 Å². The minimum atomic E-state index is -3.00. The number of nitrogens with zero attached hydrogens (tertiary/aromatic N) is 1. The molecule has 0 bridgehead atoms. The topological polar surface area (TPSA) is 86.7 Å². The molecule has 0 heterocycles. The Bertz CT molecular complexity index is 209. The molecule has 0 aliphatic rings. The summed E-state index contributed by atoms with van der Waals surface area (Å²) in [6, 6.07) is 0. The van der Waals surface area contributed by atoms with Gasteiger partial charge in [0.2, 0.25) is 0 Å². The lowest BCUT2D eigenvalue weighted by atomic mass is 10.2. The molecule has 0 amide bonds.